The molecule has 2 aromatic rings. The highest BCUT2D eigenvalue weighted by Gasteiger charge is 2.10. The van der Waals surface area contributed by atoms with Crippen molar-refractivity contribution in [3.05, 3.63) is 44.1 Å². The maximum absolute atomic E-state index is 12.0. The molecule has 1 amide bonds. The van der Waals surface area contributed by atoms with Crippen LogP contribution in [-0.4, -0.2) is 15.9 Å². The quantitative estimate of drug-likeness (QED) is 0.886. The van der Waals surface area contributed by atoms with Gasteiger partial charge in [0.2, 0.25) is 5.28 Å². The van der Waals surface area contributed by atoms with Gasteiger partial charge in [0, 0.05) is 15.4 Å². The van der Waals surface area contributed by atoms with E-state index in [-0.39, 0.29) is 11.2 Å². The van der Waals surface area contributed by atoms with Gasteiger partial charge in [0.1, 0.15) is 5.69 Å². The van der Waals surface area contributed by atoms with Gasteiger partial charge < -0.3 is 5.32 Å². The maximum atomic E-state index is 12.0. The number of nitrogens with zero attached hydrogens (tertiary/aromatic N) is 2. The number of rotatable bonds is 3. The van der Waals surface area contributed by atoms with Crippen LogP contribution in [0.25, 0.3) is 0 Å². The van der Waals surface area contributed by atoms with Crippen LogP contribution in [0.1, 0.15) is 31.5 Å². The molecule has 2 heterocycles. The fraction of sp³-hybridized carbons (Fsp3) is 0.308. The lowest BCUT2D eigenvalue weighted by atomic mass is 10.3. The Morgan fingerprint density at radius 3 is 2.63 bits per heavy atom. The van der Waals surface area contributed by atoms with Crippen LogP contribution < -0.4 is 5.32 Å². The first-order valence-corrected chi connectivity index (χ1v) is 7.00. The normalized spacial score (nSPS) is 10.5. The molecule has 0 saturated carbocycles. The van der Waals surface area contributed by atoms with Crippen molar-refractivity contribution in [2.45, 2.75) is 27.3 Å². The summed E-state index contributed by atoms with van der Waals surface area (Å²) in [5, 5.41) is 2.92. The van der Waals surface area contributed by atoms with Crippen LogP contribution in [0.5, 0.6) is 0 Å². The Labute approximate surface area is 120 Å². The largest absolute Gasteiger partial charge is 0.346 e. The summed E-state index contributed by atoms with van der Waals surface area (Å²) >= 11 is 7.42. The number of halogens is 1. The molecule has 0 fully saturated rings. The molecule has 1 N–H and O–H groups in total. The summed E-state index contributed by atoms with van der Waals surface area (Å²) in [6.45, 7) is 6.40. The van der Waals surface area contributed by atoms with Crippen molar-refractivity contribution in [1.29, 1.82) is 0 Å². The average Bonchev–Trinajstić information content (AvgIpc) is 2.64. The Bertz CT molecular complexity index is 585. The molecule has 0 aliphatic rings. The molecule has 0 aliphatic carbocycles. The van der Waals surface area contributed by atoms with Gasteiger partial charge in [-0.1, -0.05) is 0 Å². The number of nitrogens with one attached hydrogen (secondary N) is 1. The van der Waals surface area contributed by atoms with Crippen molar-refractivity contribution in [2.75, 3.05) is 0 Å². The molecule has 0 saturated heterocycles. The second-order valence-corrected chi connectivity index (χ2v) is 5.98. The zero-order chi connectivity index (χ0) is 14.0. The Kier molecular flexibility index (Phi) is 4.17. The number of hydrogen-bond donors (Lipinski definition) is 1. The van der Waals surface area contributed by atoms with Crippen molar-refractivity contribution >= 4 is 28.8 Å². The molecule has 0 atom stereocenters. The Balaban J connectivity index is 2.05. The number of carbonyl (C=O) groups excluding carboxylic acids is 1. The molecule has 0 bridgehead atoms. The van der Waals surface area contributed by atoms with Gasteiger partial charge in [-0.3, -0.25) is 4.79 Å². The predicted octanol–water partition coefficient (Wildman–Crippen LogP) is 3.05. The first-order valence-electron chi connectivity index (χ1n) is 5.81. The highest BCUT2D eigenvalue weighted by molar-refractivity contribution is 7.12. The highest BCUT2D eigenvalue weighted by Crippen LogP contribution is 2.20. The van der Waals surface area contributed by atoms with Crippen LogP contribution in [0, 0.1) is 20.8 Å². The molecular weight excluding hydrogens is 282 g/mol. The van der Waals surface area contributed by atoms with E-state index in [9.17, 15) is 4.79 Å². The molecule has 2 rings (SSSR count). The van der Waals surface area contributed by atoms with E-state index < -0.39 is 0 Å². The zero-order valence-corrected chi connectivity index (χ0v) is 12.5. The molecule has 4 nitrogen and oxygen atoms in total. The second-order valence-electron chi connectivity index (χ2n) is 4.30. The lowest BCUT2D eigenvalue weighted by Gasteiger charge is -2.04. The van der Waals surface area contributed by atoms with E-state index in [1.54, 1.807) is 24.3 Å². The number of aryl methyl sites for hydroxylation is 3. The first-order chi connectivity index (χ1) is 8.95. The van der Waals surface area contributed by atoms with E-state index in [1.807, 2.05) is 0 Å². The highest BCUT2D eigenvalue weighted by atomic mass is 35.5. The number of aromatic nitrogens is 2. The topological polar surface area (TPSA) is 54.9 Å². The van der Waals surface area contributed by atoms with E-state index in [4.69, 9.17) is 11.6 Å². The van der Waals surface area contributed by atoms with Gasteiger partial charge in [-0.2, -0.15) is 0 Å². The Morgan fingerprint density at radius 1 is 1.32 bits per heavy atom. The van der Waals surface area contributed by atoms with Crippen molar-refractivity contribution in [3.63, 3.8) is 0 Å². The summed E-state index contributed by atoms with van der Waals surface area (Å²) in [5.41, 5.74) is 2.21. The summed E-state index contributed by atoms with van der Waals surface area (Å²) in [6, 6.07) is 3.70. The van der Waals surface area contributed by atoms with Gasteiger partial charge in [0.15, 0.2) is 0 Å². The molecular formula is C13H14ClN3OS. The fourth-order valence-electron chi connectivity index (χ4n) is 1.64. The summed E-state index contributed by atoms with van der Waals surface area (Å²) in [5.74, 6) is -0.240. The first kappa shape index (κ1) is 14.0. The monoisotopic (exact) mass is 295 g/mol. The Morgan fingerprint density at radius 2 is 2.05 bits per heavy atom. The average molecular weight is 296 g/mol. The summed E-state index contributed by atoms with van der Waals surface area (Å²) in [7, 11) is 0. The smallest absolute Gasteiger partial charge is 0.270 e. The van der Waals surface area contributed by atoms with Crippen molar-refractivity contribution in [2.24, 2.45) is 0 Å². The van der Waals surface area contributed by atoms with E-state index in [0.717, 1.165) is 4.88 Å². The number of hydrogen-bond acceptors (Lipinski definition) is 4. The third-order valence-electron chi connectivity index (χ3n) is 2.70. The Hall–Kier alpha value is -1.46. The lowest BCUT2D eigenvalue weighted by molar-refractivity contribution is 0.0946. The van der Waals surface area contributed by atoms with Crippen LogP contribution in [-0.2, 0) is 6.54 Å². The molecule has 2 aromatic heterocycles. The third kappa shape index (κ3) is 3.52. The zero-order valence-electron chi connectivity index (χ0n) is 11.0. The van der Waals surface area contributed by atoms with Crippen LogP contribution in [0.15, 0.2) is 12.1 Å². The van der Waals surface area contributed by atoms with Crippen LogP contribution >= 0.6 is 22.9 Å². The van der Waals surface area contributed by atoms with Crippen LogP contribution in [0.2, 0.25) is 5.28 Å². The lowest BCUT2D eigenvalue weighted by Crippen LogP contribution is -2.23. The van der Waals surface area contributed by atoms with E-state index >= 15 is 0 Å². The molecule has 0 aromatic carbocycles. The van der Waals surface area contributed by atoms with Crippen molar-refractivity contribution < 1.29 is 4.79 Å². The van der Waals surface area contributed by atoms with Gasteiger partial charge in [-0.25, -0.2) is 9.97 Å². The van der Waals surface area contributed by atoms with Crippen LogP contribution in [0.4, 0.5) is 0 Å². The third-order valence-corrected chi connectivity index (χ3v) is 4.02. The molecule has 19 heavy (non-hydrogen) atoms. The van der Waals surface area contributed by atoms with Gasteiger partial charge in [-0.15, -0.1) is 11.3 Å². The van der Waals surface area contributed by atoms with Gasteiger partial charge in [0.25, 0.3) is 5.91 Å². The molecule has 0 aliphatic heterocycles. The minimum absolute atomic E-state index is 0.0907. The fourth-order valence-corrected chi connectivity index (χ4v) is 2.86. The van der Waals surface area contributed by atoms with Crippen LogP contribution in [0.3, 0.4) is 0 Å². The second kappa shape index (κ2) is 5.67. The van der Waals surface area contributed by atoms with Gasteiger partial charge in [0.05, 0.1) is 6.54 Å². The number of carbonyl (C=O) groups is 1. The minimum atomic E-state index is -0.240. The predicted molar refractivity (Wildman–Crippen MR) is 76.7 cm³/mol. The molecule has 0 unspecified atom stereocenters. The van der Waals surface area contributed by atoms with Crippen molar-refractivity contribution in [3.8, 4) is 0 Å². The summed E-state index contributed by atoms with van der Waals surface area (Å²) in [4.78, 5) is 22.2. The number of amides is 1. The molecule has 100 valence electrons. The molecule has 0 spiro atoms. The summed E-state index contributed by atoms with van der Waals surface area (Å²) in [6.07, 6.45) is 0. The van der Waals surface area contributed by atoms with Gasteiger partial charge in [-0.05, 0) is 50.1 Å². The number of thiophene rings is 1. The van der Waals surface area contributed by atoms with E-state index in [1.165, 1.54) is 10.4 Å². The standard InChI is InChI=1S/C13H14ClN3OS/c1-7-4-10(19-9(7)3)6-15-12(18)11-5-8(2)16-13(14)17-11/h4-5H,6H2,1-3H3,(H,15,18). The van der Waals surface area contributed by atoms with Gasteiger partial charge >= 0.3 is 0 Å². The van der Waals surface area contributed by atoms with E-state index in [2.05, 4.69) is 35.2 Å². The molecule has 6 heteroatoms. The SMILES string of the molecule is Cc1cc(C(=O)NCc2cc(C)c(C)s2)nc(Cl)n1. The van der Waals surface area contributed by atoms with E-state index in [0.29, 0.717) is 17.9 Å². The molecule has 0 radical (unpaired) electrons. The van der Waals surface area contributed by atoms with Crippen molar-refractivity contribution in [1.82, 2.24) is 15.3 Å². The minimum Gasteiger partial charge on any atom is -0.346 e. The summed E-state index contributed by atoms with van der Waals surface area (Å²) < 4.78 is 0. The maximum Gasteiger partial charge on any atom is 0.270 e.